The molecule has 4 aromatic carbocycles. The molecule has 40 heavy (non-hydrogen) atoms. The number of benzene rings is 4. The molecule has 1 aliphatic heterocycles. The normalized spacial score (nSPS) is 13.9. The number of nitrogens with two attached hydrogens (primary N) is 1. The fourth-order valence-corrected chi connectivity index (χ4v) is 4.48. The number of rotatable bonds is 7. The molecule has 1 aliphatic rings. The molecule has 1 unspecified atom stereocenters. The summed E-state index contributed by atoms with van der Waals surface area (Å²) in [5.74, 6) is -0.302. The van der Waals surface area contributed by atoms with Crippen LogP contribution in [0.2, 0.25) is 5.02 Å². The van der Waals surface area contributed by atoms with Crippen LogP contribution < -0.4 is 19.9 Å². The van der Waals surface area contributed by atoms with E-state index < -0.39 is 16.8 Å². The van der Waals surface area contributed by atoms with Crippen molar-refractivity contribution in [2.24, 2.45) is 5.73 Å². The number of hydrogen-bond donors (Lipinski definition) is 1. The van der Waals surface area contributed by atoms with Gasteiger partial charge in [0, 0.05) is 34.3 Å². The van der Waals surface area contributed by atoms with Crippen LogP contribution in [0.3, 0.4) is 0 Å². The Morgan fingerprint density at radius 3 is 2.50 bits per heavy atom. The van der Waals surface area contributed by atoms with Gasteiger partial charge in [-0.2, -0.15) is 5.26 Å². The number of nitriles is 1. The van der Waals surface area contributed by atoms with Crippen LogP contribution in [0.1, 0.15) is 33.0 Å². The first-order chi connectivity index (χ1) is 19.3. The van der Waals surface area contributed by atoms with E-state index in [1.807, 2.05) is 30.3 Å². The lowest BCUT2D eigenvalue weighted by molar-refractivity contribution is -0.384. The van der Waals surface area contributed by atoms with Gasteiger partial charge in [0.1, 0.15) is 35.5 Å². The Morgan fingerprint density at radius 2 is 1.77 bits per heavy atom. The van der Waals surface area contributed by atoms with E-state index in [4.69, 9.17) is 31.5 Å². The molecule has 4 aromatic rings. The summed E-state index contributed by atoms with van der Waals surface area (Å²) in [6, 6.07) is 26.8. The summed E-state index contributed by atoms with van der Waals surface area (Å²) in [5, 5.41) is 21.5. The molecule has 1 heterocycles. The van der Waals surface area contributed by atoms with E-state index >= 15 is 0 Å². The quantitative estimate of drug-likeness (QED) is 0.122. The highest BCUT2D eigenvalue weighted by Gasteiger charge is 2.31. The Hall–Kier alpha value is -5.33. The van der Waals surface area contributed by atoms with Gasteiger partial charge < -0.3 is 19.9 Å². The van der Waals surface area contributed by atoms with Crippen LogP contribution in [0.15, 0.2) is 102 Å². The van der Waals surface area contributed by atoms with Gasteiger partial charge >= 0.3 is 5.97 Å². The summed E-state index contributed by atoms with van der Waals surface area (Å²) in [5.41, 5.74) is 8.41. The topological polar surface area (TPSA) is 138 Å². The van der Waals surface area contributed by atoms with Gasteiger partial charge in [-0.1, -0.05) is 54.1 Å². The zero-order valence-electron chi connectivity index (χ0n) is 20.7. The first-order valence-corrected chi connectivity index (χ1v) is 12.4. The number of non-ortho nitro benzene ring substituents is 1. The number of fused-ring (bicyclic) bond motifs is 1. The maximum Gasteiger partial charge on any atom is 0.343 e. The molecule has 2 N–H and O–H groups in total. The highest BCUT2D eigenvalue weighted by Crippen LogP contribution is 2.43. The van der Waals surface area contributed by atoms with Crippen molar-refractivity contribution in [1.82, 2.24) is 0 Å². The highest BCUT2D eigenvalue weighted by molar-refractivity contribution is 6.31. The van der Waals surface area contributed by atoms with Crippen molar-refractivity contribution in [1.29, 1.82) is 5.26 Å². The largest absolute Gasteiger partial charge is 0.489 e. The number of hydrogen-bond acceptors (Lipinski definition) is 8. The zero-order chi connectivity index (χ0) is 28.2. The second kappa shape index (κ2) is 11.2. The smallest absolute Gasteiger partial charge is 0.343 e. The van der Waals surface area contributed by atoms with Crippen molar-refractivity contribution >= 4 is 23.3 Å². The second-order valence-electron chi connectivity index (χ2n) is 8.77. The molecule has 5 rings (SSSR count). The molecule has 0 saturated heterocycles. The minimum absolute atomic E-state index is 0.0220. The number of carbonyl (C=O) groups excluding carboxylic acids is 1. The summed E-state index contributed by atoms with van der Waals surface area (Å²) in [7, 11) is 0. The molecule has 0 spiro atoms. The standard InChI is InChI=1S/C30H20ClN3O6/c31-26-7-2-1-4-20(26)17-38-22-10-8-18(9-11-22)28-24-13-12-23(15-27(24)40-29(33)25(28)16-32)39-30(35)19-5-3-6-21(14-19)34(36)37/h1-15,28H,17,33H2. The second-order valence-corrected chi connectivity index (χ2v) is 9.18. The Kier molecular flexibility index (Phi) is 7.35. The molecule has 0 amide bonds. The summed E-state index contributed by atoms with van der Waals surface area (Å²) in [6.45, 7) is 0.299. The number of carbonyl (C=O) groups is 1. The molecule has 0 aromatic heterocycles. The summed E-state index contributed by atoms with van der Waals surface area (Å²) >= 11 is 6.21. The van der Waals surface area contributed by atoms with Crippen LogP contribution >= 0.6 is 11.6 Å². The van der Waals surface area contributed by atoms with Crippen LogP contribution in [-0.4, -0.2) is 10.9 Å². The van der Waals surface area contributed by atoms with Gasteiger partial charge in [-0.15, -0.1) is 0 Å². The van der Waals surface area contributed by atoms with Gasteiger partial charge in [0.05, 0.1) is 16.4 Å². The first kappa shape index (κ1) is 26.3. The van der Waals surface area contributed by atoms with Gasteiger partial charge in [0.15, 0.2) is 0 Å². The Bertz CT molecular complexity index is 1690. The summed E-state index contributed by atoms with van der Waals surface area (Å²) < 4.78 is 17.0. The number of nitro benzene ring substituents is 1. The SMILES string of the molecule is N#CC1=C(N)Oc2cc(OC(=O)c3cccc([N+](=O)[O-])c3)ccc2C1c1ccc(OCc2ccccc2Cl)cc1. The Morgan fingerprint density at radius 1 is 1.02 bits per heavy atom. The van der Waals surface area contributed by atoms with Crippen molar-refractivity contribution in [3.05, 3.63) is 140 Å². The molecular formula is C30H20ClN3O6. The van der Waals surface area contributed by atoms with Crippen molar-refractivity contribution < 1.29 is 23.9 Å². The van der Waals surface area contributed by atoms with Gasteiger partial charge in [-0.05, 0) is 35.9 Å². The molecule has 0 aliphatic carbocycles. The molecular weight excluding hydrogens is 534 g/mol. The first-order valence-electron chi connectivity index (χ1n) is 12.0. The van der Waals surface area contributed by atoms with Crippen molar-refractivity contribution in [2.45, 2.75) is 12.5 Å². The number of nitrogens with zero attached hydrogens (tertiary/aromatic N) is 2. The van der Waals surface area contributed by atoms with Crippen LogP contribution in [0.25, 0.3) is 0 Å². The van der Waals surface area contributed by atoms with E-state index in [2.05, 4.69) is 6.07 Å². The van der Waals surface area contributed by atoms with E-state index in [0.29, 0.717) is 28.7 Å². The predicted molar refractivity (Wildman–Crippen MR) is 146 cm³/mol. The van der Waals surface area contributed by atoms with Gasteiger partial charge in [-0.3, -0.25) is 10.1 Å². The third-order valence-electron chi connectivity index (χ3n) is 6.26. The van der Waals surface area contributed by atoms with Crippen molar-refractivity contribution in [3.63, 3.8) is 0 Å². The number of nitro groups is 1. The minimum atomic E-state index is -0.774. The zero-order valence-corrected chi connectivity index (χ0v) is 21.5. The lowest BCUT2D eigenvalue weighted by atomic mass is 9.83. The number of ether oxygens (including phenoxy) is 3. The average molecular weight is 554 g/mol. The fourth-order valence-electron chi connectivity index (χ4n) is 4.29. The maximum absolute atomic E-state index is 12.6. The lowest BCUT2D eigenvalue weighted by Gasteiger charge is -2.26. The van der Waals surface area contributed by atoms with Crippen LogP contribution in [-0.2, 0) is 6.61 Å². The third-order valence-corrected chi connectivity index (χ3v) is 6.63. The van der Waals surface area contributed by atoms with E-state index in [1.54, 1.807) is 30.3 Å². The van der Waals surface area contributed by atoms with Crippen LogP contribution in [0.5, 0.6) is 17.2 Å². The summed E-state index contributed by atoms with van der Waals surface area (Å²) in [4.78, 5) is 23.1. The maximum atomic E-state index is 12.6. The molecule has 10 heteroatoms. The van der Waals surface area contributed by atoms with Crippen molar-refractivity contribution in [2.75, 3.05) is 0 Å². The number of allylic oxidation sites excluding steroid dienone is 1. The molecule has 198 valence electrons. The minimum Gasteiger partial charge on any atom is -0.489 e. The molecule has 0 bridgehead atoms. The van der Waals surface area contributed by atoms with E-state index in [0.717, 1.165) is 17.2 Å². The molecule has 0 fully saturated rings. The lowest BCUT2D eigenvalue weighted by Crippen LogP contribution is -2.21. The number of halogens is 1. The number of esters is 1. The Balaban J connectivity index is 1.38. The third kappa shape index (κ3) is 5.43. The van der Waals surface area contributed by atoms with Crippen LogP contribution in [0.4, 0.5) is 5.69 Å². The molecule has 0 saturated carbocycles. The predicted octanol–water partition coefficient (Wildman–Crippen LogP) is 6.26. The fraction of sp³-hybridized carbons (Fsp3) is 0.0667. The molecule has 1 atom stereocenters. The van der Waals surface area contributed by atoms with E-state index in [9.17, 15) is 20.2 Å². The van der Waals surface area contributed by atoms with Gasteiger partial charge in [-0.25, -0.2) is 4.79 Å². The molecule has 9 nitrogen and oxygen atoms in total. The monoisotopic (exact) mass is 553 g/mol. The van der Waals surface area contributed by atoms with E-state index in [-0.39, 0.29) is 28.5 Å². The van der Waals surface area contributed by atoms with Crippen LogP contribution in [0, 0.1) is 21.4 Å². The van der Waals surface area contributed by atoms with Crippen molar-refractivity contribution in [3.8, 4) is 23.3 Å². The van der Waals surface area contributed by atoms with Gasteiger partial charge in [0.25, 0.3) is 5.69 Å². The van der Waals surface area contributed by atoms with Gasteiger partial charge in [0.2, 0.25) is 5.88 Å². The molecule has 0 radical (unpaired) electrons. The average Bonchev–Trinajstić information content (AvgIpc) is 2.96. The summed E-state index contributed by atoms with van der Waals surface area (Å²) in [6.07, 6.45) is 0. The Labute approximate surface area is 233 Å². The van der Waals surface area contributed by atoms with E-state index in [1.165, 1.54) is 24.3 Å². The highest BCUT2D eigenvalue weighted by atomic mass is 35.5.